The van der Waals surface area contributed by atoms with Crippen molar-refractivity contribution in [2.75, 3.05) is 6.61 Å². The summed E-state index contributed by atoms with van der Waals surface area (Å²) >= 11 is 5.80. The number of nitrogens with one attached hydrogen (secondary N) is 1. The number of carbonyl (C=O) groups excluding carboxylic acids is 1. The number of aryl methyl sites for hydroxylation is 1. The molecular formula is C19H18ClN3O2. The molecule has 0 aliphatic rings. The maximum Gasteiger partial charge on any atom is 0.277 e. The Kier molecular flexibility index (Phi) is 5.05. The van der Waals surface area contributed by atoms with Crippen LogP contribution < -0.4 is 10.2 Å². The highest BCUT2D eigenvalue weighted by molar-refractivity contribution is 6.30. The zero-order valence-electron chi connectivity index (χ0n) is 14.0. The van der Waals surface area contributed by atoms with Gasteiger partial charge in [0, 0.05) is 34.2 Å². The van der Waals surface area contributed by atoms with E-state index in [4.69, 9.17) is 16.3 Å². The van der Waals surface area contributed by atoms with Gasteiger partial charge in [-0.15, -0.1) is 0 Å². The van der Waals surface area contributed by atoms with Crippen molar-refractivity contribution in [3.63, 3.8) is 0 Å². The molecule has 0 aliphatic heterocycles. The highest BCUT2D eigenvalue weighted by Gasteiger charge is 2.09. The zero-order chi connectivity index (χ0) is 17.8. The molecule has 0 saturated heterocycles. The third-order valence-electron chi connectivity index (χ3n) is 4.01. The second-order valence-electron chi connectivity index (χ2n) is 5.61. The van der Waals surface area contributed by atoms with E-state index in [-0.39, 0.29) is 12.5 Å². The monoisotopic (exact) mass is 355 g/mol. The summed E-state index contributed by atoms with van der Waals surface area (Å²) in [6, 6.07) is 14.9. The Balaban J connectivity index is 1.62. The van der Waals surface area contributed by atoms with E-state index < -0.39 is 0 Å². The Bertz CT molecular complexity index is 930. The molecule has 1 aromatic heterocycles. The lowest BCUT2D eigenvalue weighted by Crippen LogP contribution is -2.24. The number of hydrogen-bond donors (Lipinski definition) is 1. The number of benzene rings is 2. The van der Waals surface area contributed by atoms with Gasteiger partial charge in [-0.3, -0.25) is 4.79 Å². The maximum atomic E-state index is 11.8. The minimum absolute atomic E-state index is 0.118. The minimum Gasteiger partial charge on any atom is -0.484 e. The van der Waals surface area contributed by atoms with E-state index in [0.29, 0.717) is 10.8 Å². The SMILES string of the molecule is Cc1c(/C=N\NC(=O)COc2ccc(Cl)cc2)c2ccccc2n1C. The van der Waals surface area contributed by atoms with E-state index in [2.05, 4.69) is 21.2 Å². The van der Waals surface area contributed by atoms with Crippen LogP contribution in [0.1, 0.15) is 11.3 Å². The van der Waals surface area contributed by atoms with Gasteiger partial charge in [0.2, 0.25) is 0 Å². The molecule has 0 saturated carbocycles. The Morgan fingerprint density at radius 3 is 2.72 bits per heavy atom. The lowest BCUT2D eigenvalue weighted by molar-refractivity contribution is -0.123. The summed E-state index contributed by atoms with van der Waals surface area (Å²) in [5.41, 5.74) is 5.67. The summed E-state index contributed by atoms with van der Waals surface area (Å²) in [7, 11) is 2.01. The van der Waals surface area contributed by atoms with Crippen molar-refractivity contribution in [3.8, 4) is 5.75 Å². The van der Waals surface area contributed by atoms with Gasteiger partial charge in [0.15, 0.2) is 6.61 Å². The van der Waals surface area contributed by atoms with Crippen molar-refractivity contribution in [2.45, 2.75) is 6.92 Å². The first-order valence-corrected chi connectivity index (χ1v) is 8.18. The Labute approximate surface area is 150 Å². The van der Waals surface area contributed by atoms with Crippen LogP contribution in [0.3, 0.4) is 0 Å². The third-order valence-corrected chi connectivity index (χ3v) is 4.27. The summed E-state index contributed by atoms with van der Waals surface area (Å²) in [6.07, 6.45) is 1.66. The number of aromatic nitrogens is 1. The molecule has 0 aliphatic carbocycles. The summed E-state index contributed by atoms with van der Waals surface area (Å²) in [5.74, 6) is 0.248. The molecule has 0 atom stereocenters. The second kappa shape index (κ2) is 7.40. The fraction of sp³-hybridized carbons (Fsp3) is 0.158. The number of hydrazone groups is 1. The maximum absolute atomic E-state index is 11.8. The number of ether oxygens (including phenoxy) is 1. The largest absolute Gasteiger partial charge is 0.484 e. The van der Waals surface area contributed by atoms with Crippen LogP contribution in [0.25, 0.3) is 10.9 Å². The average Bonchev–Trinajstić information content (AvgIpc) is 2.86. The van der Waals surface area contributed by atoms with E-state index in [0.717, 1.165) is 22.2 Å². The molecule has 2 aromatic carbocycles. The predicted molar refractivity (Wildman–Crippen MR) is 100 cm³/mol. The summed E-state index contributed by atoms with van der Waals surface area (Å²) in [5, 5.41) is 5.77. The fourth-order valence-corrected chi connectivity index (χ4v) is 2.72. The van der Waals surface area contributed by atoms with Crippen molar-refractivity contribution in [1.29, 1.82) is 0 Å². The molecule has 0 unspecified atom stereocenters. The minimum atomic E-state index is -0.330. The highest BCUT2D eigenvalue weighted by atomic mass is 35.5. The first kappa shape index (κ1) is 17.0. The van der Waals surface area contributed by atoms with Gasteiger partial charge in [0.25, 0.3) is 5.91 Å². The molecule has 0 bridgehead atoms. The van der Waals surface area contributed by atoms with Crippen molar-refractivity contribution in [2.24, 2.45) is 12.1 Å². The van der Waals surface area contributed by atoms with E-state index in [1.165, 1.54) is 0 Å². The summed E-state index contributed by atoms with van der Waals surface area (Å²) < 4.78 is 7.47. The van der Waals surface area contributed by atoms with Crippen molar-refractivity contribution >= 4 is 34.6 Å². The molecule has 0 spiro atoms. The number of carbonyl (C=O) groups is 1. The quantitative estimate of drug-likeness (QED) is 0.561. The van der Waals surface area contributed by atoms with Crippen molar-refractivity contribution in [1.82, 2.24) is 9.99 Å². The fourth-order valence-electron chi connectivity index (χ4n) is 2.59. The first-order chi connectivity index (χ1) is 12.1. The van der Waals surface area contributed by atoms with Crippen LogP contribution in [-0.4, -0.2) is 23.3 Å². The Hall–Kier alpha value is -2.79. The van der Waals surface area contributed by atoms with Gasteiger partial charge in [0.1, 0.15) is 5.75 Å². The first-order valence-electron chi connectivity index (χ1n) is 7.80. The lowest BCUT2D eigenvalue weighted by Gasteiger charge is -2.04. The molecule has 1 heterocycles. The highest BCUT2D eigenvalue weighted by Crippen LogP contribution is 2.23. The molecule has 3 aromatic rings. The van der Waals surface area contributed by atoms with Crippen LogP contribution in [0, 0.1) is 6.92 Å². The Morgan fingerprint density at radius 2 is 1.96 bits per heavy atom. The molecule has 25 heavy (non-hydrogen) atoms. The third kappa shape index (κ3) is 3.83. The number of fused-ring (bicyclic) bond motifs is 1. The van der Waals surface area contributed by atoms with E-state index >= 15 is 0 Å². The number of hydrogen-bond acceptors (Lipinski definition) is 3. The van der Waals surface area contributed by atoms with E-state index in [9.17, 15) is 4.79 Å². The topological polar surface area (TPSA) is 55.6 Å². The van der Waals surface area contributed by atoms with Gasteiger partial charge < -0.3 is 9.30 Å². The number of amides is 1. The van der Waals surface area contributed by atoms with Gasteiger partial charge in [-0.05, 0) is 37.3 Å². The molecule has 3 rings (SSSR count). The average molecular weight is 356 g/mol. The lowest BCUT2D eigenvalue weighted by atomic mass is 10.1. The normalized spacial score (nSPS) is 11.2. The molecular weight excluding hydrogens is 338 g/mol. The summed E-state index contributed by atoms with van der Waals surface area (Å²) in [6.45, 7) is 1.90. The number of halogens is 1. The van der Waals surface area contributed by atoms with Gasteiger partial charge in [-0.1, -0.05) is 29.8 Å². The van der Waals surface area contributed by atoms with Crippen LogP contribution >= 0.6 is 11.6 Å². The molecule has 0 radical (unpaired) electrons. The Morgan fingerprint density at radius 1 is 1.24 bits per heavy atom. The number of nitrogens with zero attached hydrogens (tertiary/aromatic N) is 2. The van der Waals surface area contributed by atoms with Gasteiger partial charge in [-0.2, -0.15) is 5.10 Å². The standard InChI is InChI=1S/C19H18ClN3O2/c1-13-17(16-5-3-4-6-18(16)23(13)2)11-21-22-19(24)12-25-15-9-7-14(20)8-10-15/h3-11H,12H2,1-2H3,(H,22,24)/b21-11-. The van der Waals surface area contributed by atoms with E-state index in [1.807, 2.05) is 32.2 Å². The van der Waals surface area contributed by atoms with E-state index in [1.54, 1.807) is 30.5 Å². The van der Waals surface area contributed by atoms with Gasteiger partial charge >= 0.3 is 0 Å². The molecule has 1 N–H and O–H groups in total. The molecule has 6 heteroatoms. The molecule has 128 valence electrons. The molecule has 0 fully saturated rings. The van der Waals surface area contributed by atoms with Gasteiger partial charge in [0.05, 0.1) is 6.21 Å². The van der Waals surface area contributed by atoms with Crippen LogP contribution in [-0.2, 0) is 11.8 Å². The predicted octanol–water partition coefficient (Wildman–Crippen LogP) is 3.67. The summed E-state index contributed by atoms with van der Waals surface area (Å²) in [4.78, 5) is 11.8. The van der Waals surface area contributed by atoms with Crippen LogP contribution in [0.15, 0.2) is 53.6 Å². The van der Waals surface area contributed by atoms with Crippen molar-refractivity contribution in [3.05, 3.63) is 64.8 Å². The molecule has 5 nitrogen and oxygen atoms in total. The van der Waals surface area contributed by atoms with Crippen molar-refractivity contribution < 1.29 is 9.53 Å². The van der Waals surface area contributed by atoms with Crippen LogP contribution in [0.4, 0.5) is 0 Å². The zero-order valence-corrected chi connectivity index (χ0v) is 14.7. The van der Waals surface area contributed by atoms with Crippen LogP contribution in [0.5, 0.6) is 5.75 Å². The second-order valence-corrected chi connectivity index (χ2v) is 6.05. The molecule has 1 amide bonds. The smallest absolute Gasteiger partial charge is 0.277 e. The van der Waals surface area contributed by atoms with Gasteiger partial charge in [-0.25, -0.2) is 5.43 Å². The number of rotatable bonds is 5. The van der Waals surface area contributed by atoms with Crippen LogP contribution in [0.2, 0.25) is 5.02 Å². The number of para-hydroxylation sites is 1.